The van der Waals surface area contributed by atoms with Gasteiger partial charge in [-0.25, -0.2) is 9.69 Å². The maximum Gasteiger partial charge on any atom is 0.334 e. The van der Waals surface area contributed by atoms with E-state index in [1.165, 1.54) is 18.9 Å². The lowest BCUT2D eigenvalue weighted by molar-refractivity contribution is -0.143. The van der Waals surface area contributed by atoms with E-state index in [9.17, 15) is 24.0 Å². The molecule has 3 fully saturated rings. The van der Waals surface area contributed by atoms with Crippen LogP contribution in [0.3, 0.4) is 0 Å². The molecule has 6 amide bonds. The smallest absolute Gasteiger partial charge is 0.334 e. The summed E-state index contributed by atoms with van der Waals surface area (Å²) in [6.45, 7) is 2.63. The minimum Gasteiger partial charge on any atom is -0.495 e. The Labute approximate surface area is 229 Å². The summed E-state index contributed by atoms with van der Waals surface area (Å²) in [6.07, 6.45) is 1.13. The third-order valence-corrected chi connectivity index (χ3v) is 7.03. The number of hydrogen-bond acceptors (Lipinski definition) is 10. The molecule has 40 heavy (non-hydrogen) atoms. The van der Waals surface area contributed by atoms with Gasteiger partial charge in [-0.1, -0.05) is 17.3 Å². The molecule has 14 heteroatoms. The highest BCUT2D eigenvalue weighted by molar-refractivity contribution is 6.44. The van der Waals surface area contributed by atoms with Crippen molar-refractivity contribution >= 4 is 35.3 Å². The van der Waals surface area contributed by atoms with Crippen molar-refractivity contribution < 1.29 is 38.0 Å². The topological polar surface area (TPSA) is 156 Å². The molecule has 1 atom stereocenters. The summed E-state index contributed by atoms with van der Waals surface area (Å²) >= 11 is 0. The Morgan fingerprint density at radius 2 is 1.88 bits per heavy atom. The molecule has 0 radical (unpaired) electrons. The SMILES string of the molecule is COc1ccccc1N(C[C@@H]1CN(C(C)=O)CCO1)C(=O)Cc1noc(CN2C(=O)C(=O)N(CC3CC3)C2=O)n1. The number of hydrogen-bond donors (Lipinski definition) is 0. The lowest BCUT2D eigenvalue weighted by atomic mass is 10.2. The third-order valence-electron chi connectivity index (χ3n) is 7.03. The molecular formula is C26H30N6O8. The number of benzene rings is 1. The van der Waals surface area contributed by atoms with Gasteiger partial charge >= 0.3 is 17.8 Å². The number of aromatic nitrogens is 2. The van der Waals surface area contributed by atoms with Crippen LogP contribution in [0.25, 0.3) is 0 Å². The van der Waals surface area contributed by atoms with Gasteiger partial charge in [0.05, 0.1) is 38.5 Å². The van der Waals surface area contributed by atoms with E-state index >= 15 is 0 Å². The Bertz CT molecular complexity index is 1320. The Kier molecular flexibility index (Phi) is 7.78. The predicted molar refractivity (Wildman–Crippen MR) is 136 cm³/mol. The molecule has 2 aromatic rings. The van der Waals surface area contributed by atoms with Crippen LogP contribution in [-0.2, 0) is 36.9 Å². The van der Waals surface area contributed by atoms with E-state index < -0.39 is 23.9 Å². The van der Waals surface area contributed by atoms with E-state index in [1.807, 2.05) is 0 Å². The number of anilines is 1. The van der Waals surface area contributed by atoms with Crippen LogP contribution < -0.4 is 9.64 Å². The molecule has 5 rings (SSSR count). The lowest BCUT2D eigenvalue weighted by Crippen LogP contribution is -2.50. The summed E-state index contributed by atoms with van der Waals surface area (Å²) in [5, 5.41) is 3.85. The number of rotatable bonds is 10. The second-order valence-electron chi connectivity index (χ2n) is 9.95. The first-order chi connectivity index (χ1) is 19.2. The van der Waals surface area contributed by atoms with Crippen LogP contribution in [0.5, 0.6) is 5.75 Å². The average molecular weight is 555 g/mol. The molecule has 2 aliphatic heterocycles. The van der Waals surface area contributed by atoms with E-state index in [-0.39, 0.29) is 55.5 Å². The molecule has 3 heterocycles. The first-order valence-electron chi connectivity index (χ1n) is 13.0. The van der Waals surface area contributed by atoms with Gasteiger partial charge in [-0.2, -0.15) is 4.98 Å². The van der Waals surface area contributed by atoms with Crippen molar-refractivity contribution in [3.63, 3.8) is 0 Å². The van der Waals surface area contributed by atoms with Crippen LogP contribution in [0.2, 0.25) is 0 Å². The molecule has 1 aromatic carbocycles. The van der Waals surface area contributed by atoms with Crippen LogP contribution in [0.15, 0.2) is 28.8 Å². The minimum atomic E-state index is -0.948. The van der Waals surface area contributed by atoms with Gasteiger partial charge in [0, 0.05) is 26.6 Å². The van der Waals surface area contributed by atoms with Gasteiger partial charge in [0.2, 0.25) is 17.7 Å². The monoisotopic (exact) mass is 554 g/mol. The maximum atomic E-state index is 13.6. The van der Waals surface area contributed by atoms with Gasteiger partial charge in [0.1, 0.15) is 12.3 Å². The summed E-state index contributed by atoms with van der Waals surface area (Å²) in [5.74, 6) is -1.62. The Balaban J connectivity index is 1.29. The summed E-state index contributed by atoms with van der Waals surface area (Å²) < 4.78 is 16.5. The standard InChI is InChI=1S/C26H30N6O8/c1-16(33)29-9-10-39-18(13-29)14-30(19-5-3-4-6-20(19)38-2)23(34)11-21-27-22(40-28-21)15-32-25(36)24(35)31(26(32)37)12-17-7-8-17/h3-6,17-18H,7-15H2,1-2H3/t18-/m0/s1. The van der Waals surface area contributed by atoms with E-state index in [1.54, 1.807) is 29.2 Å². The molecule has 14 nitrogen and oxygen atoms in total. The summed E-state index contributed by atoms with van der Waals surface area (Å²) in [4.78, 5) is 71.9. The van der Waals surface area contributed by atoms with Crippen LogP contribution >= 0.6 is 0 Å². The zero-order chi connectivity index (χ0) is 28.4. The number of amides is 6. The normalized spacial score (nSPS) is 19.4. The fourth-order valence-corrected chi connectivity index (χ4v) is 4.71. The van der Waals surface area contributed by atoms with Crippen molar-refractivity contribution in [2.24, 2.45) is 5.92 Å². The van der Waals surface area contributed by atoms with Gasteiger partial charge in [0.25, 0.3) is 0 Å². The molecular weight excluding hydrogens is 524 g/mol. The molecule has 3 aliphatic rings. The van der Waals surface area contributed by atoms with Gasteiger partial charge in [-0.3, -0.25) is 24.1 Å². The molecule has 1 aromatic heterocycles. The summed E-state index contributed by atoms with van der Waals surface area (Å²) in [5.41, 5.74) is 0.504. The third kappa shape index (κ3) is 5.81. The average Bonchev–Trinajstić information content (AvgIpc) is 3.64. The fourth-order valence-electron chi connectivity index (χ4n) is 4.71. The van der Waals surface area contributed by atoms with Gasteiger partial charge in [-0.15, -0.1) is 0 Å². The number of carbonyl (C=O) groups is 5. The summed E-state index contributed by atoms with van der Waals surface area (Å²) in [7, 11) is 1.50. The van der Waals surface area contributed by atoms with Crippen LogP contribution in [0, 0.1) is 5.92 Å². The lowest BCUT2D eigenvalue weighted by Gasteiger charge is -2.35. The van der Waals surface area contributed by atoms with E-state index in [0.717, 1.165) is 22.6 Å². The molecule has 0 unspecified atom stereocenters. The van der Waals surface area contributed by atoms with E-state index in [0.29, 0.717) is 31.1 Å². The van der Waals surface area contributed by atoms with Crippen LogP contribution in [0.1, 0.15) is 31.5 Å². The quantitative estimate of drug-likeness (QED) is 0.301. The van der Waals surface area contributed by atoms with Crippen molar-refractivity contribution in [3.8, 4) is 5.75 Å². The highest BCUT2D eigenvalue weighted by atomic mass is 16.5. The van der Waals surface area contributed by atoms with E-state index in [4.69, 9.17) is 14.0 Å². The molecule has 1 aliphatic carbocycles. The molecule has 2 saturated heterocycles. The van der Waals surface area contributed by atoms with Gasteiger partial charge in [-0.05, 0) is 30.9 Å². The number of ether oxygens (including phenoxy) is 2. The number of morpholine rings is 1. The number of carbonyl (C=O) groups excluding carboxylic acids is 5. The molecule has 1 saturated carbocycles. The van der Waals surface area contributed by atoms with Crippen molar-refractivity contribution in [3.05, 3.63) is 36.0 Å². The number of imide groups is 2. The number of methoxy groups -OCH3 is 1. The summed E-state index contributed by atoms with van der Waals surface area (Å²) in [6, 6.07) is 6.30. The fraction of sp³-hybridized carbons (Fsp3) is 0.500. The predicted octanol–water partition coefficient (Wildman–Crippen LogP) is 0.602. The molecule has 0 N–H and O–H groups in total. The number of nitrogens with zero attached hydrogens (tertiary/aromatic N) is 6. The second kappa shape index (κ2) is 11.4. The second-order valence-corrected chi connectivity index (χ2v) is 9.95. The molecule has 0 spiro atoms. The Morgan fingerprint density at radius 1 is 1.12 bits per heavy atom. The first kappa shape index (κ1) is 27.2. The Morgan fingerprint density at radius 3 is 2.60 bits per heavy atom. The highest BCUT2D eigenvalue weighted by Crippen LogP contribution is 2.32. The largest absolute Gasteiger partial charge is 0.495 e. The zero-order valence-electron chi connectivity index (χ0n) is 22.3. The van der Waals surface area contributed by atoms with Gasteiger partial charge < -0.3 is 23.8 Å². The minimum absolute atomic E-state index is 0.0371. The first-order valence-corrected chi connectivity index (χ1v) is 13.0. The van der Waals surface area contributed by atoms with Crippen molar-refractivity contribution in [1.82, 2.24) is 24.8 Å². The highest BCUT2D eigenvalue weighted by Gasteiger charge is 2.46. The van der Waals surface area contributed by atoms with Crippen molar-refractivity contribution in [2.45, 2.75) is 38.8 Å². The van der Waals surface area contributed by atoms with Crippen LogP contribution in [0.4, 0.5) is 10.5 Å². The van der Waals surface area contributed by atoms with Crippen LogP contribution in [-0.4, -0.2) is 100 Å². The van der Waals surface area contributed by atoms with Crippen molar-refractivity contribution in [1.29, 1.82) is 0 Å². The number of para-hydroxylation sites is 2. The van der Waals surface area contributed by atoms with Crippen molar-refractivity contribution in [2.75, 3.05) is 44.8 Å². The molecule has 0 bridgehead atoms. The Hall–Kier alpha value is -4.33. The molecule has 212 valence electrons. The van der Waals surface area contributed by atoms with Gasteiger partial charge in [0.15, 0.2) is 5.82 Å². The number of urea groups is 1. The maximum absolute atomic E-state index is 13.6. The van der Waals surface area contributed by atoms with E-state index in [2.05, 4.69) is 10.1 Å². The zero-order valence-corrected chi connectivity index (χ0v) is 22.3.